The first-order valence-electron chi connectivity index (χ1n) is 7.23. The van der Waals surface area contributed by atoms with Crippen molar-refractivity contribution in [3.05, 3.63) is 44.8 Å². The minimum Gasteiger partial charge on any atom is -0.481 e. The minimum atomic E-state index is -0.815. The van der Waals surface area contributed by atoms with Gasteiger partial charge in [0.2, 0.25) is 5.91 Å². The summed E-state index contributed by atoms with van der Waals surface area (Å²) in [5.41, 5.74) is 0.941. The van der Waals surface area contributed by atoms with Crippen molar-refractivity contribution in [3.63, 3.8) is 0 Å². The van der Waals surface area contributed by atoms with Gasteiger partial charge in [0.15, 0.2) is 0 Å². The van der Waals surface area contributed by atoms with Gasteiger partial charge in [-0.1, -0.05) is 6.07 Å². The largest absolute Gasteiger partial charge is 0.481 e. The van der Waals surface area contributed by atoms with Crippen LogP contribution in [0.4, 0.5) is 0 Å². The standard InChI is InChI=1S/C16H17NO3S2/c18-14-4-3-13(16(19)20)15(11-6-9-21-10-11)17(14)7-5-12-2-1-8-22-12/h1-2,6,8-10,13,15H,3-5,7H2,(H,19,20). The van der Waals surface area contributed by atoms with Gasteiger partial charge in [-0.15, -0.1) is 11.3 Å². The molecule has 0 radical (unpaired) electrons. The molecule has 3 rings (SSSR count). The number of nitrogens with zero attached hydrogens (tertiary/aromatic N) is 1. The Labute approximate surface area is 137 Å². The van der Waals surface area contributed by atoms with Crippen LogP contribution in [0.15, 0.2) is 34.3 Å². The van der Waals surface area contributed by atoms with Crippen molar-refractivity contribution in [2.45, 2.75) is 25.3 Å². The lowest BCUT2D eigenvalue weighted by molar-refractivity contribution is -0.152. The lowest BCUT2D eigenvalue weighted by atomic mass is 9.85. The SMILES string of the molecule is O=C(O)C1CCC(=O)N(CCc2cccs2)C1c1ccsc1. The molecule has 6 heteroatoms. The molecule has 2 unspecified atom stereocenters. The fraction of sp³-hybridized carbons (Fsp3) is 0.375. The van der Waals surface area contributed by atoms with Crippen molar-refractivity contribution in [1.82, 2.24) is 4.90 Å². The van der Waals surface area contributed by atoms with E-state index in [9.17, 15) is 14.7 Å². The molecular weight excluding hydrogens is 318 g/mol. The van der Waals surface area contributed by atoms with Crippen LogP contribution in [0.25, 0.3) is 0 Å². The molecule has 0 aromatic carbocycles. The summed E-state index contributed by atoms with van der Waals surface area (Å²) in [5, 5.41) is 15.4. The van der Waals surface area contributed by atoms with Crippen LogP contribution in [0.2, 0.25) is 0 Å². The third kappa shape index (κ3) is 3.08. The second-order valence-corrected chi connectivity index (χ2v) is 7.21. The van der Waals surface area contributed by atoms with Gasteiger partial charge < -0.3 is 10.0 Å². The molecule has 1 aliphatic heterocycles. The van der Waals surface area contributed by atoms with E-state index in [0.717, 1.165) is 12.0 Å². The van der Waals surface area contributed by atoms with Gasteiger partial charge in [0.1, 0.15) is 0 Å². The van der Waals surface area contributed by atoms with Crippen molar-refractivity contribution < 1.29 is 14.7 Å². The third-order valence-corrected chi connectivity index (χ3v) is 5.73. The van der Waals surface area contributed by atoms with E-state index in [4.69, 9.17) is 0 Å². The molecule has 1 fully saturated rings. The number of amides is 1. The zero-order valence-corrected chi connectivity index (χ0v) is 13.6. The zero-order chi connectivity index (χ0) is 15.5. The first-order chi connectivity index (χ1) is 10.7. The van der Waals surface area contributed by atoms with Gasteiger partial charge in [-0.25, -0.2) is 0 Å². The number of carbonyl (C=O) groups excluding carboxylic acids is 1. The Balaban J connectivity index is 1.85. The Kier molecular flexibility index (Phi) is 4.59. The lowest BCUT2D eigenvalue weighted by Crippen LogP contribution is -2.46. The molecule has 4 nitrogen and oxygen atoms in total. The summed E-state index contributed by atoms with van der Waals surface area (Å²) in [5.74, 6) is -1.27. The predicted molar refractivity (Wildman–Crippen MR) is 87.2 cm³/mol. The number of hydrogen-bond acceptors (Lipinski definition) is 4. The minimum absolute atomic E-state index is 0.0604. The maximum Gasteiger partial charge on any atom is 0.308 e. The second-order valence-electron chi connectivity index (χ2n) is 5.40. The van der Waals surface area contributed by atoms with E-state index in [2.05, 4.69) is 0 Å². The molecular formula is C16H17NO3S2. The zero-order valence-electron chi connectivity index (χ0n) is 12.0. The fourth-order valence-corrected chi connectivity index (χ4v) is 4.40. The molecule has 1 aliphatic rings. The van der Waals surface area contributed by atoms with E-state index < -0.39 is 11.9 Å². The van der Waals surface area contributed by atoms with E-state index in [1.165, 1.54) is 16.2 Å². The first kappa shape index (κ1) is 15.2. The van der Waals surface area contributed by atoms with Gasteiger partial charge in [0.25, 0.3) is 0 Å². The summed E-state index contributed by atoms with van der Waals surface area (Å²) in [4.78, 5) is 27.0. The predicted octanol–water partition coefficient (Wildman–Crippen LogP) is 3.42. The molecule has 2 aromatic rings. The Bertz CT molecular complexity index is 636. The molecule has 1 amide bonds. The van der Waals surface area contributed by atoms with Gasteiger partial charge in [-0.05, 0) is 46.7 Å². The maximum atomic E-state index is 12.4. The van der Waals surface area contributed by atoms with E-state index in [-0.39, 0.29) is 11.9 Å². The molecule has 0 aliphatic carbocycles. The summed E-state index contributed by atoms with van der Waals surface area (Å²) in [6, 6.07) is 5.63. The summed E-state index contributed by atoms with van der Waals surface area (Å²) in [6.45, 7) is 0.573. The molecule has 3 heterocycles. The number of carboxylic acid groups (broad SMARTS) is 1. The third-order valence-electron chi connectivity index (χ3n) is 4.09. The van der Waals surface area contributed by atoms with Crippen molar-refractivity contribution in [3.8, 4) is 0 Å². The van der Waals surface area contributed by atoms with Crippen LogP contribution in [0.3, 0.4) is 0 Å². The van der Waals surface area contributed by atoms with Crippen molar-refractivity contribution >= 4 is 34.6 Å². The van der Waals surface area contributed by atoms with E-state index in [1.54, 1.807) is 16.2 Å². The van der Waals surface area contributed by atoms with Crippen LogP contribution in [0.1, 0.15) is 29.3 Å². The average Bonchev–Trinajstić information content (AvgIpc) is 3.18. The van der Waals surface area contributed by atoms with E-state index in [1.807, 2.05) is 34.3 Å². The maximum absolute atomic E-state index is 12.4. The number of aliphatic carboxylic acids is 1. The fourth-order valence-electron chi connectivity index (χ4n) is 3.02. The number of carbonyl (C=O) groups is 2. The highest BCUT2D eigenvalue weighted by atomic mass is 32.1. The van der Waals surface area contributed by atoms with Crippen molar-refractivity contribution in [1.29, 1.82) is 0 Å². The number of thiophene rings is 2. The number of hydrogen-bond donors (Lipinski definition) is 1. The number of rotatable bonds is 5. The van der Waals surface area contributed by atoms with Crippen LogP contribution >= 0.6 is 22.7 Å². The quantitative estimate of drug-likeness (QED) is 0.911. The summed E-state index contributed by atoms with van der Waals surface area (Å²) in [6.07, 6.45) is 1.52. The highest BCUT2D eigenvalue weighted by Crippen LogP contribution is 2.38. The smallest absolute Gasteiger partial charge is 0.308 e. The topological polar surface area (TPSA) is 57.6 Å². The Morgan fingerprint density at radius 3 is 2.86 bits per heavy atom. The molecule has 2 atom stereocenters. The Morgan fingerprint density at radius 2 is 2.23 bits per heavy atom. The van der Waals surface area contributed by atoms with Crippen LogP contribution in [-0.2, 0) is 16.0 Å². The normalized spacial score (nSPS) is 22.0. The molecule has 0 spiro atoms. The molecule has 0 bridgehead atoms. The van der Waals surface area contributed by atoms with Gasteiger partial charge in [0.05, 0.1) is 12.0 Å². The monoisotopic (exact) mass is 335 g/mol. The lowest BCUT2D eigenvalue weighted by Gasteiger charge is -2.39. The molecule has 1 N–H and O–H groups in total. The Morgan fingerprint density at radius 1 is 1.36 bits per heavy atom. The molecule has 116 valence electrons. The van der Waals surface area contributed by atoms with Crippen LogP contribution in [0.5, 0.6) is 0 Å². The van der Waals surface area contributed by atoms with E-state index in [0.29, 0.717) is 19.4 Å². The van der Waals surface area contributed by atoms with Gasteiger partial charge in [-0.3, -0.25) is 9.59 Å². The number of likely N-dealkylation sites (tertiary alicyclic amines) is 1. The second kappa shape index (κ2) is 6.62. The average molecular weight is 335 g/mol. The van der Waals surface area contributed by atoms with Gasteiger partial charge >= 0.3 is 5.97 Å². The molecule has 2 aromatic heterocycles. The van der Waals surface area contributed by atoms with Gasteiger partial charge in [-0.2, -0.15) is 11.3 Å². The van der Waals surface area contributed by atoms with Crippen molar-refractivity contribution in [2.24, 2.45) is 5.92 Å². The summed E-state index contributed by atoms with van der Waals surface area (Å²) < 4.78 is 0. The van der Waals surface area contributed by atoms with Crippen molar-refractivity contribution in [2.75, 3.05) is 6.54 Å². The highest BCUT2D eigenvalue weighted by molar-refractivity contribution is 7.09. The number of carboxylic acids is 1. The Hall–Kier alpha value is -1.66. The summed E-state index contributed by atoms with van der Waals surface area (Å²) in [7, 11) is 0. The van der Waals surface area contributed by atoms with Crippen LogP contribution in [-0.4, -0.2) is 28.4 Å². The molecule has 1 saturated heterocycles. The van der Waals surface area contributed by atoms with E-state index >= 15 is 0 Å². The van der Waals surface area contributed by atoms with Crippen LogP contribution in [0, 0.1) is 5.92 Å². The first-order valence-corrected chi connectivity index (χ1v) is 9.06. The molecule has 0 saturated carbocycles. The summed E-state index contributed by atoms with van der Waals surface area (Å²) >= 11 is 3.20. The molecule has 22 heavy (non-hydrogen) atoms. The number of piperidine rings is 1. The van der Waals surface area contributed by atoms with Gasteiger partial charge in [0, 0.05) is 17.8 Å². The highest BCUT2D eigenvalue weighted by Gasteiger charge is 2.40. The van der Waals surface area contributed by atoms with Crippen LogP contribution < -0.4 is 0 Å².